The first-order valence-electron chi connectivity index (χ1n) is 7.73. The molecule has 3 rings (SSSR count). The predicted octanol–water partition coefficient (Wildman–Crippen LogP) is 2.03. The van der Waals surface area contributed by atoms with Gasteiger partial charge in [-0.1, -0.05) is 12.1 Å². The van der Waals surface area contributed by atoms with E-state index in [4.69, 9.17) is 4.42 Å². The highest BCUT2D eigenvalue weighted by molar-refractivity contribution is 6.42. The lowest BCUT2D eigenvalue weighted by Crippen LogP contribution is -2.58. The lowest BCUT2D eigenvalue weighted by molar-refractivity contribution is -0.135. The van der Waals surface area contributed by atoms with E-state index in [0.717, 1.165) is 11.3 Å². The van der Waals surface area contributed by atoms with Crippen LogP contribution in [0.1, 0.15) is 23.0 Å². The van der Waals surface area contributed by atoms with Crippen molar-refractivity contribution in [3.63, 3.8) is 0 Å². The number of aryl methyl sites for hydroxylation is 1. The third kappa shape index (κ3) is 2.95. The zero-order valence-electron chi connectivity index (χ0n) is 13.6. The molecule has 6 heteroatoms. The number of carbonyl (C=O) groups excluding carboxylic acids is 3. The average Bonchev–Trinajstić information content (AvgIpc) is 3.09. The highest BCUT2D eigenvalue weighted by Crippen LogP contribution is 2.22. The maximum absolute atomic E-state index is 12.5. The summed E-state index contributed by atoms with van der Waals surface area (Å²) in [5, 5.41) is 0. The van der Waals surface area contributed by atoms with Gasteiger partial charge in [0.2, 0.25) is 5.91 Å². The van der Waals surface area contributed by atoms with Gasteiger partial charge in [-0.05, 0) is 43.7 Å². The molecule has 6 nitrogen and oxygen atoms in total. The molecule has 0 spiro atoms. The number of furan rings is 1. The number of ketones is 1. The van der Waals surface area contributed by atoms with E-state index in [2.05, 4.69) is 0 Å². The van der Waals surface area contributed by atoms with E-state index in [1.807, 2.05) is 38.1 Å². The van der Waals surface area contributed by atoms with Crippen molar-refractivity contribution in [2.24, 2.45) is 0 Å². The lowest BCUT2D eigenvalue weighted by atomic mass is 10.1. The number of Topliss-reactive ketones (excluding diaryl/α,β-unsaturated/α-hetero) is 1. The van der Waals surface area contributed by atoms with Crippen molar-refractivity contribution < 1.29 is 18.8 Å². The van der Waals surface area contributed by atoms with Crippen LogP contribution < -0.4 is 4.90 Å². The largest absolute Gasteiger partial charge is 0.461 e. The summed E-state index contributed by atoms with van der Waals surface area (Å²) >= 11 is 0. The van der Waals surface area contributed by atoms with E-state index in [0.29, 0.717) is 6.54 Å². The van der Waals surface area contributed by atoms with Crippen molar-refractivity contribution >= 4 is 23.3 Å². The van der Waals surface area contributed by atoms with E-state index in [1.54, 1.807) is 11.0 Å². The number of hydrogen-bond donors (Lipinski definition) is 0. The molecule has 1 unspecified atom stereocenters. The second-order valence-electron chi connectivity index (χ2n) is 5.93. The van der Waals surface area contributed by atoms with E-state index in [1.165, 1.54) is 17.2 Å². The molecule has 0 saturated carbocycles. The summed E-state index contributed by atoms with van der Waals surface area (Å²) in [6.45, 7) is 4.00. The van der Waals surface area contributed by atoms with Crippen molar-refractivity contribution in [2.45, 2.75) is 19.9 Å². The highest BCUT2D eigenvalue weighted by atomic mass is 16.3. The zero-order chi connectivity index (χ0) is 17.3. The molecule has 1 aromatic heterocycles. The zero-order valence-corrected chi connectivity index (χ0v) is 13.6. The van der Waals surface area contributed by atoms with E-state index >= 15 is 0 Å². The van der Waals surface area contributed by atoms with Crippen LogP contribution in [-0.4, -0.2) is 41.6 Å². The standard InChI is InChI=1S/C18H18N2O4/c1-12-5-3-6-14(9-12)20-10-13(2)19(11-16(20)21)18(23)17(22)15-7-4-8-24-15/h3-9,13H,10-11H2,1-2H3. The Labute approximate surface area is 139 Å². The molecule has 0 N–H and O–H groups in total. The minimum absolute atomic E-state index is 0.0132. The first kappa shape index (κ1) is 16.0. The van der Waals surface area contributed by atoms with E-state index in [9.17, 15) is 14.4 Å². The summed E-state index contributed by atoms with van der Waals surface area (Å²) in [5.41, 5.74) is 1.86. The summed E-state index contributed by atoms with van der Waals surface area (Å²) < 4.78 is 4.98. The van der Waals surface area contributed by atoms with Crippen LogP contribution in [0.15, 0.2) is 47.1 Å². The number of amides is 2. The molecule has 124 valence electrons. The predicted molar refractivity (Wildman–Crippen MR) is 87.7 cm³/mol. The van der Waals surface area contributed by atoms with Crippen LogP contribution in [0, 0.1) is 6.92 Å². The molecule has 1 fully saturated rings. The van der Waals surface area contributed by atoms with E-state index in [-0.39, 0.29) is 24.3 Å². The average molecular weight is 326 g/mol. The SMILES string of the molecule is Cc1cccc(N2CC(C)N(C(=O)C(=O)c3ccco3)CC2=O)c1. The van der Waals surface area contributed by atoms with Gasteiger partial charge in [0.15, 0.2) is 5.76 Å². The van der Waals surface area contributed by atoms with Gasteiger partial charge in [0.25, 0.3) is 11.7 Å². The van der Waals surface area contributed by atoms with Gasteiger partial charge in [-0.15, -0.1) is 0 Å². The summed E-state index contributed by atoms with van der Waals surface area (Å²) in [7, 11) is 0. The van der Waals surface area contributed by atoms with Gasteiger partial charge in [0.1, 0.15) is 6.54 Å². The summed E-state index contributed by atoms with van der Waals surface area (Å²) in [4.78, 5) is 40.0. The molecule has 1 aliphatic heterocycles. The van der Waals surface area contributed by atoms with Crippen molar-refractivity contribution in [3.8, 4) is 0 Å². The maximum Gasteiger partial charge on any atom is 0.299 e. The van der Waals surface area contributed by atoms with Gasteiger partial charge < -0.3 is 14.2 Å². The molecule has 2 amide bonds. The molecule has 24 heavy (non-hydrogen) atoms. The number of benzene rings is 1. The fourth-order valence-electron chi connectivity index (χ4n) is 2.81. The van der Waals surface area contributed by atoms with Gasteiger partial charge in [-0.25, -0.2) is 0 Å². The van der Waals surface area contributed by atoms with E-state index < -0.39 is 11.7 Å². The number of nitrogens with zero attached hydrogens (tertiary/aromatic N) is 2. The molecule has 0 radical (unpaired) electrons. The second-order valence-corrected chi connectivity index (χ2v) is 5.93. The van der Waals surface area contributed by atoms with Gasteiger partial charge in [0.05, 0.1) is 6.26 Å². The molecule has 1 aromatic carbocycles. The normalized spacial score (nSPS) is 17.9. The Morgan fingerprint density at radius 2 is 2.00 bits per heavy atom. The Balaban J connectivity index is 1.77. The fourth-order valence-corrected chi connectivity index (χ4v) is 2.81. The minimum atomic E-state index is -0.733. The quantitative estimate of drug-likeness (QED) is 0.639. The molecule has 1 atom stereocenters. The van der Waals surface area contributed by atoms with Gasteiger partial charge in [-0.2, -0.15) is 0 Å². The van der Waals surface area contributed by atoms with Crippen LogP contribution in [0.25, 0.3) is 0 Å². The molecular formula is C18H18N2O4. The minimum Gasteiger partial charge on any atom is -0.461 e. The molecular weight excluding hydrogens is 308 g/mol. The van der Waals surface area contributed by atoms with Gasteiger partial charge >= 0.3 is 0 Å². The third-order valence-corrected chi connectivity index (χ3v) is 4.10. The Morgan fingerprint density at radius 1 is 1.21 bits per heavy atom. The van der Waals surface area contributed by atoms with Crippen LogP contribution in [0.3, 0.4) is 0 Å². The van der Waals surface area contributed by atoms with Crippen LogP contribution >= 0.6 is 0 Å². The first-order chi connectivity index (χ1) is 11.5. The molecule has 0 aliphatic carbocycles. The monoisotopic (exact) mass is 326 g/mol. The molecule has 1 aliphatic rings. The topological polar surface area (TPSA) is 70.8 Å². The maximum atomic E-state index is 12.5. The number of carbonyl (C=O) groups is 3. The Bertz CT molecular complexity index is 782. The van der Waals surface area contributed by atoms with Crippen LogP contribution in [0.5, 0.6) is 0 Å². The van der Waals surface area contributed by atoms with Gasteiger partial charge in [-0.3, -0.25) is 14.4 Å². The smallest absolute Gasteiger partial charge is 0.299 e. The van der Waals surface area contributed by atoms with Crippen LogP contribution in [-0.2, 0) is 9.59 Å². The third-order valence-electron chi connectivity index (χ3n) is 4.10. The summed E-state index contributed by atoms with van der Waals surface area (Å²) in [5.74, 6) is -1.67. The number of piperazine rings is 1. The van der Waals surface area contributed by atoms with Crippen molar-refractivity contribution in [1.29, 1.82) is 0 Å². The summed E-state index contributed by atoms with van der Waals surface area (Å²) in [6, 6.07) is 10.4. The Morgan fingerprint density at radius 3 is 2.67 bits per heavy atom. The van der Waals surface area contributed by atoms with Crippen LogP contribution in [0.2, 0.25) is 0 Å². The lowest BCUT2D eigenvalue weighted by Gasteiger charge is -2.39. The van der Waals surface area contributed by atoms with Crippen molar-refractivity contribution in [2.75, 3.05) is 18.0 Å². The number of anilines is 1. The second kappa shape index (κ2) is 6.31. The first-order valence-corrected chi connectivity index (χ1v) is 7.73. The fraction of sp³-hybridized carbons (Fsp3) is 0.278. The summed E-state index contributed by atoms with van der Waals surface area (Å²) in [6.07, 6.45) is 1.34. The van der Waals surface area contributed by atoms with Crippen molar-refractivity contribution in [1.82, 2.24) is 4.90 Å². The highest BCUT2D eigenvalue weighted by Gasteiger charge is 2.36. The Kier molecular flexibility index (Phi) is 4.20. The molecule has 0 bridgehead atoms. The number of hydrogen-bond acceptors (Lipinski definition) is 4. The van der Waals surface area contributed by atoms with Crippen molar-refractivity contribution in [3.05, 3.63) is 54.0 Å². The molecule has 2 heterocycles. The number of rotatable bonds is 3. The Hall–Kier alpha value is -2.89. The molecule has 2 aromatic rings. The van der Waals surface area contributed by atoms with Crippen LogP contribution in [0.4, 0.5) is 5.69 Å². The van der Waals surface area contributed by atoms with Gasteiger partial charge in [0, 0.05) is 18.3 Å². The molecule has 1 saturated heterocycles.